The molecule has 0 aliphatic heterocycles. The number of ketones is 1. The van der Waals surface area contributed by atoms with Gasteiger partial charge in [-0.3, -0.25) is 4.79 Å². The number of hydrogen-bond donors (Lipinski definition) is 2. The van der Waals surface area contributed by atoms with E-state index < -0.39 is 17.0 Å². The number of carboxylic acids is 1. The van der Waals surface area contributed by atoms with Crippen LogP contribution in [0.2, 0.25) is 0 Å². The van der Waals surface area contributed by atoms with Crippen molar-refractivity contribution in [1.82, 2.24) is 0 Å². The van der Waals surface area contributed by atoms with Crippen LogP contribution in [0.4, 0.5) is 0 Å². The molecular weight excluding hydrogens is 244 g/mol. The first-order chi connectivity index (χ1) is 8.58. The molecule has 4 nitrogen and oxygen atoms in total. The lowest BCUT2D eigenvalue weighted by atomic mass is 9.64. The smallest absolute Gasteiger partial charge is 0.328 e. The van der Waals surface area contributed by atoms with Crippen molar-refractivity contribution in [3.8, 4) is 0 Å². The van der Waals surface area contributed by atoms with Crippen molar-refractivity contribution in [2.75, 3.05) is 0 Å². The van der Waals surface area contributed by atoms with Crippen LogP contribution in [0.5, 0.6) is 0 Å². The fourth-order valence-electron chi connectivity index (χ4n) is 2.36. The summed E-state index contributed by atoms with van der Waals surface area (Å²) in [5.41, 5.74) is -0.758. The Morgan fingerprint density at radius 2 is 2.00 bits per heavy atom. The first-order valence-corrected chi connectivity index (χ1v) is 6.13. The van der Waals surface area contributed by atoms with Crippen LogP contribution in [0.1, 0.15) is 34.1 Å². The minimum atomic E-state index is -1.24. The largest absolute Gasteiger partial charge is 0.478 e. The van der Waals surface area contributed by atoms with Gasteiger partial charge in [0.25, 0.3) is 0 Å². The number of hydrogen-bond acceptors (Lipinski definition) is 3. The average Bonchev–Trinajstić information content (AvgIpc) is 2.21. The summed E-state index contributed by atoms with van der Waals surface area (Å²) in [6, 6.07) is 0. The molecule has 104 valence electrons. The van der Waals surface area contributed by atoms with E-state index in [-0.39, 0.29) is 12.2 Å². The molecule has 1 atom stereocenters. The van der Waals surface area contributed by atoms with Crippen molar-refractivity contribution < 1.29 is 19.8 Å². The van der Waals surface area contributed by atoms with Gasteiger partial charge in [-0.15, -0.1) is 0 Å². The van der Waals surface area contributed by atoms with E-state index in [2.05, 4.69) is 0 Å². The molecule has 1 aliphatic carbocycles. The minimum absolute atomic E-state index is 0.00150. The van der Waals surface area contributed by atoms with Crippen LogP contribution in [-0.4, -0.2) is 27.6 Å². The molecule has 0 aromatic rings. The number of carboxylic acid groups (broad SMARTS) is 1. The van der Waals surface area contributed by atoms with E-state index in [0.717, 1.165) is 6.08 Å². The molecule has 0 saturated heterocycles. The van der Waals surface area contributed by atoms with Gasteiger partial charge in [0.15, 0.2) is 5.78 Å². The predicted molar refractivity (Wildman–Crippen MR) is 72.6 cm³/mol. The van der Waals surface area contributed by atoms with Crippen molar-refractivity contribution in [1.29, 1.82) is 0 Å². The monoisotopic (exact) mass is 264 g/mol. The molecule has 0 fully saturated rings. The minimum Gasteiger partial charge on any atom is -0.478 e. The molecule has 0 saturated carbocycles. The fraction of sp³-hybridized carbons (Fsp3) is 0.467. The quantitative estimate of drug-likeness (QED) is 0.605. The molecule has 0 aromatic carbocycles. The summed E-state index contributed by atoms with van der Waals surface area (Å²) in [4.78, 5) is 22.1. The standard InChI is InChI=1S/C15H20O4/c1-10(7-13(17)18)5-6-15(19)11(2)8-12(16)9-14(15,3)4/h5-8,19H,9H2,1-4H3,(H,17,18)/b6-5?,10-7+. The Morgan fingerprint density at radius 3 is 2.47 bits per heavy atom. The van der Waals surface area contributed by atoms with Gasteiger partial charge in [0.2, 0.25) is 0 Å². The van der Waals surface area contributed by atoms with Crippen LogP contribution in [-0.2, 0) is 9.59 Å². The third kappa shape index (κ3) is 3.20. The molecule has 0 spiro atoms. The molecule has 4 heteroatoms. The van der Waals surface area contributed by atoms with Crippen LogP contribution in [0.25, 0.3) is 0 Å². The van der Waals surface area contributed by atoms with E-state index in [0.29, 0.717) is 11.1 Å². The van der Waals surface area contributed by atoms with E-state index in [1.165, 1.54) is 6.08 Å². The topological polar surface area (TPSA) is 74.6 Å². The Hall–Kier alpha value is -1.68. The number of carbonyl (C=O) groups excluding carboxylic acids is 1. The Morgan fingerprint density at radius 1 is 1.42 bits per heavy atom. The average molecular weight is 264 g/mol. The normalized spacial score (nSPS) is 27.5. The van der Waals surface area contributed by atoms with E-state index in [1.807, 2.05) is 13.8 Å². The lowest BCUT2D eigenvalue weighted by molar-refractivity contribution is -0.131. The first-order valence-electron chi connectivity index (χ1n) is 6.13. The Kier molecular flexibility index (Phi) is 4.15. The highest BCUT2D eigenvalue weighted by atomic mass is 16.4. The highest BCUT2D eigenvalue weighted by Crippen LogP contribution is 2.44. The molecular formula is C15H20O4. The zero-order valence-electron chi connectivity index (χ0n) is 11.7. The van der Waals surface area contributed by atoms with Crippen molar-refractivity contribution in [2.45, 2.75) is 39.7 Å². The molecule has 1 rings (SSSR count). The number of aliphatic hydroxyl groups is 1. The van der Waals surface area contributed by atoms with Gasteiger partial charge in [-0.2, -0.15) is 0 Å². The second kappa shape index (κ2) is 5.13. The maximum Gasteiger partial charge on any atom is 0.328 e. The summed E-state index contributed by atoms with van der Waals surface area (Å²) in [6.07, 6.45) is 5.92. The molecule has 0 radical (unpaired) electrons. The zero-order chi connectivity index (χ0) is 14.8. The molecule has 0 bridgehead atoms. The third-order valence-corrected chi connectivity index (χ3v) is 3.57. The van der Waals surface area contributed by atoms with Gasteiger partial charge in [-0.1, -0.05) is 19.9 Å². The van der Waals surface area contributed by atoms with Crippen LogP contribution in [0.15, 0.2) is 35.5 Å². The molecule has 0 amide bonds. The molecule has 2 N–H and O–H groups in total. The lowest BCUT2D eigenvalue weighted by Gasteiger charge is -2.43. The lowest BCUT2D eigenvalue weighted by Crippen LogP contribution is -2.48. The van der Waals surface area contributed by atoms with Crippen LogP contribution < -0.4 is 0 Å². The van der Waals surface area contributed by atoms with Gasteiger partial charge in [0, 0.05) is 17.9 Å². The molecule has 0 aromatic heterocycles. The van der Waals surface area contributed by atoms with E-state index in [9.17, 15) is 14.7 Å². The van der Waals surface area contributed by atoms with Crippen LogP contribution in [0.3, 0.4) is 0 Å². The van der Waals surface area contributed by atoms with Gasteiger partial charge in [0.1, 0.15) is 5.60 Å². The number of carbonyl (C=O) groups is 2. The summed E-state index contributed by atoms with van der Waals surface area (Å²) in [6.45, 7) is 7.00. The molecule has 1 aliphatic rings. The zero-order valence-corrected chi connectivity index (χ0v) is 11.7. The molecule has 0 heterocycles. The first kappa shape index (κ1) is 15.4. The van der Waals surface area contributed by atoms with E-state index in [4.69, 9.17) is 5.11 Å². The number of rotatable bonds is 3. The number of aliphatic carboxylic acids is 1. The van der Waals surface area contributed by atoms with Crippen molar-refractivity contribution in [2.24, 2.45) is 5.41 Å². The maximum atomic E-state index is 11.6. The van der Waals surface area contributed by atoms with Crippen molar-refractivity contribution in [3.05, 3.63) is 35.5 Å². The SMILES string of the molecule is CC1=CC(=O)CC(C)(C)C1(O)C=C/C(C)=C/C(=O)O. The van der Waals surface area contributed by atoms with Gasteiger partial charge < -0.3 is 10.2 Å². The summed E-state index contributed by atoms with van der Waals surface area (Å²) in [5.74, 6) is -1.03. The maximum absolute atomic E-state index is 11.6. The Bertz CT molecular complexity index is 494. The van der Waals surface area contributed by atoms with Crippen molar-refractivity contribution >= 4 is 11.8 Å². The highest BCUT2D eigenvalue weighted by Gasteiger charge is 2.46. The van der Waals surface area contributed by atoms with Gasteiger partial charge in [-0.25, -0.2) is 4.79 Å². The summed E-state index contributed by atoms with van der Waals surface area (Å²) >= 11 is 0. The molecule has 19 heavy (non-hydrogen) atoms. The van der Waals surface area contributed by atoms with Gasteiger partial charge >= 0.3 is 5.97 Å². The van der Waals surface area contributed by atoms with Crippen LogP contribution in [0, 0.1) is 5.41 Å². The molecule has 1 unspecified atom stereocenters. The van der Waals surface area contributed by atoms with E-state index in [1.54, 1.807) is 26.0 Å². The summed E-state index contributed by atoms with van der Waals surface area (Å²) in [5, 5.41) is 19.4. The Balaban J connectivity index is 3.15. The second-order valence-electron chi connectivity index (χ2n) is 5.68. The highest BCUT2D eigenvalue weighted by molar-refractivity contribution is 5.92. The van der Waals surface area contributed by atoms with E-state index >= 15 is 0 Å². The second-order valence-corrected chi connectivity index (χ2v) is 5.68. The summed E-state index contributed by atoms with van der Waals surface area (Å²) < 4.78 is 0. The third-order valence-electron chi connectivity index (χ3n) is 3.57. The van der Waals surface area contributed by atoms with Gasteiger partial charge in [0.05, 0.1) is 0 Å². The fourth-order valence-corrected chi connectivity index (χ4v) is 2.36. The number of allylic oxidation sites excluding steroid dienone is 3. The Labute approximate surface area is 113 Å². The predicted octanol–water partition coefficient (Wildman–Crippen LogP) is 2.25. The van der Waals surface area contributed by atoms with Crippen LogP contribution >= 0.6 is 0 Å². The van der Waals surface area contributed by atoms with Crippen molar-refractivity contribution in [3.63, 3.8) is 0 Å². The van der Waals surface area contributed by atoms with Gasteiger partial charge in [-0.05, 0) is 37.1 Å². The summed E-state index contributed by atoms with van der Waals surface area (Å²) in [7, 11) is 0.